The van der Waals surface area contributed by atoms with E-state index < -0.39 is 11.7 Å². The van der Waals surface area contributed by atoms with Crippen molar-refractivity contribution in [3.63, 3.8) is 0 Å². The molecule has 0 unspecified atom stereocenters. The second kappa shape index (κ2) is 5.06. The van der Waals surface area contributed by atoms with E-state index in [4.69, 9.17) is 17.3 Å². The van der Waals surface area contributed by atoms with Gasteiger partial charge in [0.1, 0.15) is 5.82 Å². The van der Waals surface area contributed by atoms with E-state index in [1.54, 1.807) is 24.3 Å². The van der Waals surface area contributed by atoms with Gasteiger partial charge in [-0.15, -0.1) is 0 Å². The Kier molecular flexibility index (Phi) is 3.48. The Hall–Kier alpha value is -2.07. The fourth-order valence-corrected chi connectivity index (χ4v) is 1.65. The average molecular weight is 265 g/mol. The Bertz CT molecular complexity index is 564. The van der Waals surface area contributed by atoms with Gasteiger partial charge in [-0.05, 0) is 36.4 Å². The highest BCUT2D eigenvalue weighted by molar-refractivity contribution is 6.34. The van der Waals surface area contributed by atoms with Crippen molar-refractivity contribution in [2.75, 3.05) is 11.1 Å². The lowest BCUT2D eigenvalue weighted by atomic mass is 10.2. The van der Waals surface area contributed by atoms with E-state index in [-0.39, 0.29) is 10.7 Å². The minimum Gasteiger partial charge on any atom is -0.399 e. The Morgan fingerprint density at radius 1 is 1.17 bits per heavy atom. The SMILES string of the molecule is Nc1ccc(C(=O)Nc2c(F)cccc2Cl)cc1. The Balaban J connectivity index is 2.24. The fourth-order valence-electron chi connectivity index (χ4n) is 1.44. The first kappa shape index (κ1) is 12.4. The van der Waals surface area contributed by atoms with Crippen LogP contribution in [0.5, 0.6) is 0 Å². The number of anilines is 2. The van der Waals surface area contributed by atoms with Crippen LogP contribution in [0.15, 0.2) is 42.5 Å². The molecule has 0 aromatic heterocycles. The molecule has 1 amide bonds. The van der Waals surface area contributed by atoms with Crippen LogP contribution < -0.4 is 11.1 Å². The zero-order valence-electron chi connectivity index (χ0n) is 9.28. The van der Waals surface area contributed by atoms with Crippen LogP contribution in [0.4, 0.5) is 15.8 Å². The van der Waals surface area contributed by atoms with Gasteiger partial charge in [0.15, 0.2) is 0 Å². The molecule has 5 heteroatoms. The summed E-state index contributed by atoms with van der Waals surface area (Å²) in [5.41, 5.74) is 6.42. The summed E-state index contributed by atoms with van der Waals surface area (Å²) in [6, 6.07) is 10.5. The van der Waals surface area contributed by atoms with Gasteiger partial charge < -0.3 is 11.1 Å². The maximum atomic E-state index is 13.5. The van der Waals surface area contributed by atoms with E-state index in [0.29, 0.717) is 11.3 Å². The number of nitrogens with one attached hydrogen (secondary N) is 1. The number of carbonyl (C=O) groups is 1. The molecule has 2 aromatic carbocycles. The van der Waals surface area contributed by atoms with Gasteiger partial charge in [0.05, 0.1) is 10.7 Å². The third kappa shape index (κ3) is 2.60. The molecule has 0 bridgehead atoms. The average Bonchev–Trinajstić information content (AvgIpc) is 2.34. The molecule has 3 N–H and O–H groups in total. The van der Waals surface area contributed by atoms with Crippen molar-refractivity contribution >= 4 is 28.9 Å². The summed E-state index contributed by atoms with van der Waals surface area (Å²) in [4.78, 5) is 11.9. The topological polar surface area (TPSA) is 55.1 Å². The first-order valence-electron chi connectivity index (χ1n) is 5.19. The van der Waals surface area contributed by atoms with Crippen LogP contribution in [0.1, 0.15) is 10.4 Å². The number of benzene rings is 2. The summed E-state index contributed by atoms with van der Waals surface area (Å²) >= 11 is 5.81. The fraction of sp³-hybridized carbons (Fsp3) is 0. The highest BCUT2D eigenvalue weighted by atomic mass is 35.5. The van der Waals surface area contributed by atoms with E-state index in [1.807, 2.05) is 0 Å². The molecule has 92 valence electrons. The maximum Gasteiger partial charge on any atom is 0.255 e. The molecule has 0 atom stereocenters. The lowest BCUT2D eigenvalue weighted by Gasteiger charge is -2.08. The number of nitrogen functional groups attached to an aromatic ring is 1. The first-order valence-corrected chi connectivity index (χ1v) is 5.56. The molecule has 0 heterocycles. The Morgan fingerprint density at radius 3 is 2.44 bits per heavy atom. The molecule has 0 saturated carbocycles. The number of nitrogens with two attached hydrogens (primary N) is 1. The van der Waals surface area contributed by atoms with Crippen molar-refractivity contribution in [3.8, 4) is 0 Å². The van der Waals surface area contributed by atoms with Gasteiger partial charge in [0, 0.05) is 11.3 Å². The largest absolute Gasteiger partial charge is 0.399 e. The minimum absolute atomic E-state index is 0.0269. The summed E-state index contributed by atoms with van der Waals surface area (Å²) in [5.74, 6) is -1.02. The predicted octanol–water partition coefficient (Wildman–Crippen LogP) is 3.31. The summed E-state index contributed by atoms with van der Waals surface area (Å²) in [6.07, 6.45) is 0. The highest BCUT2D eigenvalue weighted by Crippen LogP contribution is 2.25. The third-order valence-electron chi connectivity index (χ3n) is 2.37. The van der Waals surface area contributed by atoms with Crippen molar-refractivity contribution in [3.05, 3.63) is 58.9 Å². The van der Waals surface area contributed by atoms with Crippen molar-refractivity contribution in [1.29, 1.82) is 0 Å². The number of halogens is 2. The predicted molar refractivity (Wildman–Crippen MR) is 70.2 cm³/mol. The van der Waals surface area contributed by atoms with Crippen molar-refractivity contribution in [1.82, 2.24) is 0 Å². The van der Waals surface area contributed by atoms with Crippen LogP contribution in [0.25, 0.3) is 0 Å². The van der Waals surface area contributed by atoms with Crippen LogP contribution in [-0.4, -0.2) is 5.91 Å². The lowest BCUT2D eigenvalue weighted by molar-refractivity contribution is 0.102. The monoisotopic (exact) mass is 264 g/mol. The van der Waals surface area contributed by atoms with E-state index in [1.165, 1.54) is 18.2 Å². The van der Waals surface area contributed by atoms with E-state index in [2.05, 4.69) is 5.32 Å². The van der Waals surface area contributed by atoms with Gasteiger partial charge in [-0.3, -0.25) is 4.79 Å². The minimum atomic E-state index is -0.578. The van der Waals surface area contributed by atoms with Crippen LogP contribution in [0, 0.1) is 5.82 Å². The Labute approximate surface area is 108 Å². The Morgan fingerprint density at radius 2 is 1.83 bits per heavy atom. The van der Waals surface area contributed by atoms with Gasteiger partial charge in [-0.25, -0.2) is 4.39 Å². The zero-order chi connectivity index (χ0) is 13.1. The van der Waals surface area contributed by atoms with Crippen molar-refractivity contribution in [2.45, 2.75) is 0 Å². The summed E-state index contributed by atoms with van der Waals surface area (Å²) in [6.45, 7) is 0. The summed E-state index contributed by atoms with van der Waals surface area (Å²) in [5, 5.41) is 2.58. The smallest absolute Gasteiger partial charge is 0.255 e. The molecular formula is C13H10ClFN2O. The molecule has 0 aliphatic rings. The number of amides is 1. The number of hydrogen-bond donors (Lipinski definition) is 2. The van der Waals surface area contributed by atoms with Gasteiger partial charge in [-0.2, -0.15) is 0 Å². The molecule has 0 saturated heterocycles. The van der Waals surface area contributed by atoms with Gasteiger partial charge in [-0.1, -0.05) is 17.7 Å². The molecule has 3 nitrogen and oxygen atoms in total. The molecule has 0 fully saturated rings. The normalized spacial score (nSPS) is 10.1. The van der Waals surface area contributed by atoms with Crippen molar-refractivity contribution < 1.29 is 9.18 Å². The number of rotatable bonds is 2. The number of para-hydroxylation sites is 1. The van der Waals surface area contributed by atoms with Crippen LogP contribution in [-0.2, 0) is 0 Å². The molecule has 0 radical (unpaired) electrons. The van der Waals surface area contributed by atoms with Crippen LogP contribution in [0.3, 0.4) is 0 Å². The molecule has 0 aliphatic heterocycles. The molecule has 2 rings (SSSR count). The summed E-state index contributed by atoms with van der Waals surface area (Å²) in [7, 11) is 0. The van der Waals surface area contributed by atoms with E-state index in [0.717, 1.165) is 0 Å². The van der Waals surface area contributed by atoms with Gasteiger partial charge in [0.25, 0.3) is 5.91 Å². The van der Waals surface area contributed by atoms with Crippen molar-refractivity contribution in [2.24, 2.45) is 0 Å². The highest BCUT2D eigenvalue weighted by Gasteiger charge is 2.11. The molecule has 0 spiro atoms. The first-order chi connectivity index (χ1) is 8.58. The summed E-state index contributed by atoms with van der Waals surface area (Å²) < 4.78 is 13.5. The standard InChI is InChI=1S/C13H10ClFN2O/c14-10-2-1-3-11(15)12(10)17-13(18)8-4-6-9(16)7-5-8/h1-7H,16H2,(H,17,18). The molecular weight excluding hydrogens is 255 g/mol. The quantitative estimate of drug-likeness (QED) is 0.818. The molecule has 0 aliphatic carbocycles. The lowest BCUT2D eigenvalue weighted by Crippen LogP contribution is -2.13. The zero-order valence-corrected chi connectivity index (χ0v) is 10.0. The van der Waals surface area contributed by atoms with Crippen LogP contribution in [0.2, 0.25) is 5.02 Å². The maximum absolute atomic E-state index is 13.5. The van der Waals surface area contributed by atoms with Crippen LogP contribution >= 0.6 is 11.6 Å². The van der Waals surface area contributed by atoms with E-state index >= 15 is 0 Å². The molecule has 18 heavy (non-hydrogen) atoms. The number of hydrogen-bond acceptors (Lipinski definition) is 2. The number of carbonyl (C=O) groups excluding carboxylic acids is 1. The second-order valence-corrected chi connectivity index (χ2v) is 4.08. The second-order valence-electron chi connectivity index (χ2n) is 3.67. The van der Waals surface area contributed by atoms with Gasteiger partial charge in [0.2, 0.25) is 0 Å². The van der Waals surface area contributed by atoms with E-state index in [9.17, 15) is 9.18 Å². The van der Waals surface area contributed by atoms with Gasteiger partial charge >= 0.3 is 0 Å². The third-order valence-corrected chi connectivity index (χ3v) is 2.69. The molecule has 2 aromatic rings.